The molecule has 1 aromatic heterocycles. The molecular formula is C12H18N4O3. The van der Waals surface area contributed by atoms with Gasteiger partial charge in [0.25, 0.3) is 5.56 Å². The van der Waals surface area contributed by atoms with Crippen molar-refractivity contribution in [1.82, 2.24) is 14.0 Å². The summed E-state index contributed by atoms with van der Waals surface area (Å²) < 4.78 is 2.35. The van der Waals surface area contributed by atoms with Gasteiger partial charge in [0.05, 0.1) is 17.6 Å². The van der Waals surface area contributed by atoms with Crippen molar-refractivity contribution in [2.75, 3.05) is 7.05 Å². The molecule has 0 bridgehead atoms. The lowest BCUT2D eigenvalue weighted by molar-refractivity contribution is -0.132. The minimum Gasteiger partial charge on any atom is -0.340 e. The van der Waals surface area contributed by atoms with E-state index in [4.69, 9.17) is 5.73 Å². The van der Waals surface area contributed by atoms with Gasteiger partial charge in [-0.05, 0) is 12.8 Å². The highest BCUT2D eigenvalue weighted by molar-refractivity contribution is 5.88. The summed E-state index contributed by atoms with van der Waals surface area (Å²) in [6.45, 7) is 0.151. The number of rotatable bonds is 3. The van der Waals surface area contributed by atoms with Gasteiger partial charge < -0.3 is 15.2 Å². The summed E-state index contributed by atoms with van der Waals surface area (Å²) >= 11 is 0. The van der Waals surface area contributed by atoms with Gasteiger partial charge in [0.15, 0.2) is 0 Å². The first-order valence-corrected chi connectivity index (χ1v) is 6.06. The smallest absolute Gasteiger partial charge is 0.330 e. The second-order valence-electron chi connectivity index (χ2n) is 5.23. The minimum absolute atomic E-state index is 0.151. The molecule has 2 N–H and O–H groups in total. The third kappa shape index (κ3) is 2.33. The minimum atomic E-state index is -0.749. The van der Waals surface area contributed by atoms with E-state index in [1.807, 2.05) is 0 Å². The standard InChI is InChI=1S/C12H18N4O3/c1-14(10(18)12(13)4-5-12)6-8-7-15(2)11(19)16(3)9(8)17/h7H,4-6,13H2,1-3H3. The summed E-state index contributed by atoms with van der Waals surface area (Å²) in [5.41, 5.74) is 4.71. The topological polar surface area (TPSA) is 90.3 Å². The van der Waals surface area contributed by atoms with Crippen LogP contribution in [0.4, 0.5) is 0 Å². The molecule has 1 saturated carbocycles. The van der Waals surface area contributed by atoms with Gasteiger partial charge in [-0.15, -0.1) is 0 Å². The maximum atomic E-state index is 12.0. The van der Waals surface area contributed by atoms with Gasteiger partial charge in [-0.2, -0.15) is 0 Å². The number of amides is 1. The molecule has 104 valence electrons. The van der Waals surface area contributed by atoms with E-state index < -0.39 is 5.54 Å². The molecule has 0 aromatic carbocycles. The van der Waals surface area contributed by atoms with E-state index in [-0.39, 0.29) is 23.7 Å². The first-order chi connectivity index (χ1) is 8.76. The van der Waals surface area contributed by atoms with Crippen molar-refractivity contribution >= 4 is 5.91 Å². The van der Waals surface area contributed by atoms with Crippen LogP contribution in [0.3, 0.4) is 0 Å². The number of carbonyl (C=O) groups is 1. The second kappa shape index (κ2) is 4.34. The highest BCUT2D eigenvalue weighted by Crippen LogP contribution is 2.33. The van der Waals surface area contributed by atoms with Crippen LogP contribution in [-0.2, 0) is 25.4 Å². The summed E-state index contributed by atoms with van der Waals surface area (Å²) in [5, 5.41) is 0. The van der Waals surface area contributed by atoms with Crippen LogP contribution in [0.2, 0.25) is 0 Å². The average molecular weight is 266 g/mol. The summed E-state index contributed by atoms with van der Waals surface area (Å²) in [4.78, 5) is 36.9. The lowest BCUT2D eigenvalue weighted by atomic mass is 10.2. The van der Waals surface area contributed by atoms with E-state index in [1.54, 1.807) is 14.1 Å². The van der Waals surface area contributed by atoms with Gasteiger partial charge in [0.2, 0.25) is 5.91 Å². The lowest BCUT2D eigenvalue weighted by Gasteiger charge is -2.21. The molecular weight excluding hydrogens is 248 g/mol. The molecule has 0 unspecified atom stereocenters. The van der Waals surface area contributed by atoms with E-state index in [0.29, 0.717) is 18.4 Å². The van der Waals surface area contributed by atoms with Crippen LogP contribution in [0.15, 0.2) is 15.8 Å². The van der Waals surface area contributed by atoms with Gasteiger partial charge in [0.1, 0.15) is 0 Å². The second-order valence-corrected chi connectivity index (χ2v) is 5.23. The van der Waals surface area contributed by atoms with Crippen molar-refractivity contribution in [3.8, 4) is 0 Å². The highest BCUT2D eigenvalue weighted by atomic mass is 16.2. The molecule has 1 aliphatic rings. The number of aryl methyl sites for hydroxylation is 1. The molecule has 0 radical (unpaired) electrons. The Morgan fingerprint density at radius 2 is 2.00 bits per heavy atom. The van der Waals surface area contributed by atoms with Crippen molar-refractivity contribution < 1.29 is 4.79 Å². The summed E-state index contributed by atoms with van der Waals surface area (Å²) in [7, 11) is 4.60. The first-order valence-electron chi connectivity index (χ1n) is 6.06. The number of likely N-dealkylation sites (N-methyl/N-ethyl adjacent to an activating group) is 1. The van der Waals surface area contributed by atoms with Crippen LogP contribution in [0, 0.1) is 0 Å². The molecule has 0 saturated heterocycles. The van der Waals surface area contributed by atoms with Crippen molar-refractivity contribution in [2.45, 2.75) is 24.9 Å². The number of hydrogen-bond donors (Lipinski definition) is 1. The average Bonchev–Trinajstić information content (AvgIpc) is 3.11. The quantitative estimate of drug-likeness (QED) is 0.723. The maximum absolute atomic E-state index is 12.0. The Bertz CT molecular complexity index is 639. The van der Waals surface area contributed by atoms with Gasteiger partial charge in [-0.1, -0.05) is 0 Å². The van der Waals surface area contributed by atoms with E-state index in [0.717, 1.165) is 4.57 Å². The molecule has 7 nitrogen and oxygen atoms in total. The molecule has 1 fully saturated rings. The molecule has 7 heteroatoms. The molecule has 0 aliphatic heterocycles. The van der Waals surface area contributed by atoms with Crippen LogP contribution in [0.25, 0.3) is 0 Å². The Balaban J connectivity index is 2.27. The zero-order valence-corrected chi connectivity index (χ0v) is 11.3. The number of hydrogen-bond acceptors (Lipinski definition) is 4. The van der Waals surface area contributed by atoms with Crippen molar-refractivity contribution in [3.05, 3.63) is 32.6 Å². The van der Waals surface area contributed by atoms with Crippen molar-refractivity contribution in [1.29, 1.82) is 0 Å². The monoisotopic (exact) mass is 266 g/mol. The van der Waals surface area contributed by atoms with E-state index in [1.165, 1.54) is 22.7 Å². The molecule has 19 heavy (non-hydrogen) atoms. The third-order valence-electron chi connectivity index (χ3n) is 3.49. The normalized spacial score (nSPS) is 16.2. The van der Waals surface area contributed by atoms with Crippen LogP contribution in [-0.4, -0.2) is 32.5 Å². The third-order valence-corrected chi connectivity index (χ3v) is 3.49. The molecule has 1 heterocycles. The van der Waals surface area contributed by atoms with Crippen molar-refractivity contribution in [2.24, 2.45) is 19.8 Å². The fourth-order valence-electron chi connectivity index (χ4n) is 2.05. The van der Waals surface area contributed by atoms with Crippen LogP contribution >= 0.6 is 0 Å². The van der Waals surface area contributed by atoms with Gasteiger partial charge in [-0.25, -0.2) is 4.79 Å². The number of nitrogens with zero attached hydrogens (tertiary/aromatic N) is 3. The molecule has 1 aromatic rings. The van der Waals surface area contributed by atoms with Crippen LogP contribution < -0.4 is 17.0 Å². The van der Waals surface area contributed by atoms with Crippen LogP contribution in [0.1, 0.15) is 18.4 Å². The van der Waals surface area contributed by atoms with E-state index >= 15 is 0 Å². The Hall–Kier alpha value is -1.89. The fourth-order valence-corrected chi connectivity index (χ4v) is 2.05. The predicted octanol–water partition coefficient (Wildman–Crippen LogP) is -1.47. The Morgan fingerprint density at radius 1 is 1.42 bits per heavy atom. The Labute approximate surface area is 110 Å². The molecule has 0 spiro atoms. The lowest BCUT2D eigenvalue weighted by Crippen LogP contribution is -2.45. The molecule has 0 atom stereocenters. The van der Waals surface area contributed by atoms with E-state index in [2.05, 4.69) is 0 Å². The summed E-state index contributed by atoms with van der Waals surface area (Å²) in [6, 6.07) is 0. The summed E-state index contributed by atoms with van der Waals surface area (Å²) in [5.74, 6) is -0.164. The van der Waals surface area contributed by atoms with Crippen molar-refractivity contribution in [3.63, 3.8) is 0 Å². The maximum Gasteiger partial charge on any atom is 0.330 e. The molecule has 2 rings (SSSR count). The Kier molecular flexibility index (Phi) is 3.09. The fraction of sp³-hybridized carbons (Fsp3) is 0.583. The highest BCUT2D eigenvalue weighted by Gasteiger charge is 2.47. The summed E-state index contributed by atoms with van der Waals surface area (Å²) in [6.07, 6.45) is 2.83. The zero-order chi connectivity index (χ0) is 14.4. The van der Waals surface area contributed by atoms with Crippen LogP contribution in [0.5, 0.6) is 0 Å². The molecule has 1 amide bonds. The Morgan fingerprint density at radius 3 is 2.53 bits per heavy atom. The number of aromatic nitrogens is 2. The first kappa shape index (κ1) is 13.5. The SMILES string of the molecule is CN(Cc1cn(C)c(=O)n(C)c1=O)C(=O)C1(N)CC1. The van der Waals surface area contributed by atoms with Gasteiger partial charge in [0, 0.05) is 27.3 Å². The predicted molar refractivity (Wildman–Crippen MR) is 69.6 cm³/mol. The zero-order valence-electron chi connectivity index (χ0n) is 11.3. The van der Waals surface area contributed by atoms with Gasteiger partial charge in [-0.3, -0.25) is 14.2 Å². The van der Waals surface area contributed by atoms with Gasteiger partial charge >= 0.3 is 5.69 Å². The largest absolute Gasteiger partial charge is 0.340 e. The molecule has 1 aliphatic carbocycles. The number of nitrogens with two attached hydrogens (primary N) is 1. The van der Waals surface area contributed by atoms with E-state index in [9.17, 15) is 14.4 Å². The number of carbonyl (C=O) groups excluding carboxylic acids is 1.